The minimum Gasteiger partial charge on any atom is -0.484 e. The van der Waals surface area contributed by atoms with Crippen molar-refractivity contribution in [2.45, 2.75) is 6.92 Å². The van der Waals surface area contributed by atoms with Crippen LogP contribution >= 0.6 is 0 Å². The first kappa shape index (κ1) is 16.3. The molecule has 0 saturated carbocycles. The van der Waals surface area contributed by atoms with Gasteiger partial charge in [-0.2, -0.15) is 5.26 Å². The predicted octanol–water partition coefficient (Wildman–Crippen LogP) is 2.99. The first-order chi connectivity index (χ1) is 12.0. The van der Waals surface area contributed by atoms with Gasteiger partial charge in [-0.1, -0.05) is 6.07 Å². The van der Waals surface area contributed by atoms with Gasteiger partial charge in [0.25, 0.3) is 5.91 Å². The maximum atomic E-state index is 12.0. The molecule has 124 valence electrons. The highest BCUT2D eigenvalue weighted by molar-refractivity contribution is 5.92. The van der Waals surface area contributed by atoms with E-state index >= 15 is 0 Å². The van der Waals surface area contributed by atoms with Crippen LogP contribution in [-0.4, -0.2) is 12.5 Å². The van der Waals surface area contributed by atoms with Gasteiger partial charge in [-0.05, 0) is 42.8 Å². The number of amides is 1. The summed E-state index contributed by atoms with van der Waals surface area (Å²) >= 11 is 0. The third-order valence-corrected chi connectivity index (χ3v) is 3.57. The lowest BCUT2D eigenvalue weighted by Crippen LogP contribution is -2.20. The van der Waals surface area contributed by atoms with Crippen LogP contribution in [0.1, 0.15) is 11.1 Å². The zero-order valence-electron chi connectivity index (χ0n) is 13.4. The van der Waals surface area contributed by atoms with Crippen LogP contribution in [0.2, 0.25) is 0 Å². The molecule has 1 heterocycles. The standard InChI is InChI=1S/C19H14N2O4/c1-12-7-19(23)25-17-9-15(5-6-16(12)17)24-11-18(22)21-14-4-2-3-13(8-14)10-20/h2-9H,11H2,1H3,(H,21,22). The van der Waals surface area contributed by atoms with Gasteiger partial charge in [-0.3, -0.25) is 4.79 Å². The van der Waals surface area contributed by atoms with Gasteiger partial charge in [0.05, 0.1) is 11.6 Å². The van der Waals surface area contributed by atoms with E-state index in [0.717, 1.165) is 10.9 Å². The molecular weight excluding hydrogens is 320 g/mol. The van der Waals surface area contributed by atoms with Gasteiger partial charge >= 0.3 is 5.63 Å². The first-order valence-corrected chi connectivity index (χ1v) is 7.52. The van der Waals surface area contributed by atoms with Crippen molar-refractivity contribution in [2.24, 2.45) is 0 Å². The molecule has 25 heavy (non-hydrogen) atoms. The topological polar surface area (TPSA) is 92.3 Å². The highest BCUT2D eigenvalue weighted by Crippen LogP contribution is 2.22. The summed E-state index contributed by atoms with van der Waals surface area (Å²) in [5.41, 5.74) is 1.77. The fourth-order valence-electron chi connectivity index (χ4n) is 2.41. The number of rotatable bonds is 4. The molecule has 0 aliphatic carbocycles. The van der Waals surface area contributed by atoms with Crippen molar-refractivity contribution in [1.29, 1.82) is 5.26 Å². The van der Waals surface area contributed by atoms with Crippen LogP contribution in [0.15, 0.2) is 57.7 Å². The van der Waals surface area contributed by atoms with Crippen LogP contribution in [0.5, 0.6) is 5.75 Å². The SMILES string of the molecule is Cc1cc(=O)oc2cc(OCC(=O)Nc3cccc(C#N)c3)ccc12. The Bertz CT molecular complexity index is 1050. The van der Waals surface area contributed by atoms with E-state index in [1.807, 2.05) is 13.0 Å². The Labute approximate surface area is 143 Å². The highest BCUT2D eigenvalue weighted by Gasteiger charge is 2.07. The molecule has 6 nitrogen and oxygen atoms in total. The number of benzene rings is 2. The first-order valence-electron chi connectivity index (χ1n) is 7.52. The highest BCUT2D eigenvalue weighted by atomic mass is 16.5. The summed E-state index contributed by atoms with van der Waals surface area (Å²) in [5, 5.41) is 12.3. The third kappa shape index (κ3) is 3.85. The normalized spacial score (nSPS) is 10.2. The van der Waals surface area contributed by atoms with Crippen molar-refractivity contribution < 1.29 is 13.9 Å². The number of nitrogens with zero attached hydrogens (tertiary/aromatic N) is 1. The monoisotopic (exact) mass is 334 g/mol. The van der Waals surface area contributed by atoms with Crippen LogP contribution < -0.4 is 15.7 Å². The zero-order chi connectivity index (χ0) is 17.8. The van der Waals surface area contributed by atoms with E-state index in [1.165, 1.54) is 6.07 Å². The Morgan fingerprint density at radius 2 is 2.08 bits per heavy atom. The van der Waals surface area contributed by atoms with Crippen molar-refractivity contribution >= 4 is 22.6 Å². The fraction of sp³-hybridized carbons (Fsp3) is 0.105. The van der Waals surface area contributed by atoms with Gasteiger partial charge in [0.1, 0.15) is 11.3 Å². The molecule has 0 aliphatic rings. The molecule has 0 spiro atoms. The summed E-state index contributed by atoms with van der Waals surface area (Å²) in [6.45, 7) is 1.61. The number of fused-ring (bicyclic) bond motifs is 1. The third-order valence-electron chi connectivity index (χ3n) is 3.57. The van der Waals surface area contributed by atoms with E-state index in [-0.39, 0.29) is 12.5 Å². The summed E-state index contributed by atoms with van der Waals surface area (Å²) in [7, 11) is 0. The molecule has 2 aromatic carbocycles. The van der Waals surface area contributed by atoms with E-state index in [2.05, 4.69) is 5.32 Å². The van der Waals surface area contributed by atoms with Crippen LogP contribution in [0, 0.1) is 18.3 Å². The van der Waals surface area contributed by atoms with Crippen molar-refractivity contribution in [3.05, 3.63) is 70.1 Å². The number of nitriles is 1. The Morgan fingerprint density at radius 3 is 2.88 bits per heavy atom. The quantitative estimate of drug-likeness (QED) is 0.741. The van der Waals surface area contributed by atoms with Gasteiger partial charge in [0.2, 0.25) is 0 Å². The molecule has 3 aromatic rings. The Balaban J connectivity index is 1.68. The number of anilines is 1. The van der Waals surface area contributed by atoms with Crippen LogP contribution in [0.3, 0.4) is 0 Å². The number of ether oxygens (including phenoxy) is 1. The number of carbonyl (C=O) groups excluding carboxylic acids is 1. The fourth-order valence-corrected chi connectivity index (χ4v) is 2.41. The van der Waals surface area contributed by atoms with Crippen LogP contribution in [-0.2, 0) is 4.79 Å². The van der Waals surface area contributed by atoms with Crippen molar-refractivity contribution in [2.75, 3.05) is 11.9 Å². The Kier molecular flexibility index (Phi) is 4.48. The van der Waals surface area contributed by atoms with E-state index < -0.39 is 5.63 Å². The zero-order valence-corrected chi connectivity index (χ0v) is 13.4. The number of nitrogens with one attached hydrogen (secondary N) is 1. The second kappa shape index (κ2) is 6.89. The molecule has 0 bridgehead atoms. The molecular formula is C19H14N2O4. The van der Waals surface area contributed by atoms with E-state index in [4.69, 9.17) is 14.4 Å². The van der Waals surface area contributed by atoms with E-state index in [1.54, 1.807) is 42.5 Å². The van der Waals surface area contributed by atoms with E-state index in [9.17, 15) is 9.59 Å². The van der Waals surface area contributed by atoms with Gasteiger partial charge in [-0.25, -0.2) is 4.79 Å². The molecule has 0 atom stereocenters. The molecule has 6 heteroatoms. The molecule has 1 aromatic heterocycles. The summed E-state index contributed by atoms with van der Waals surface area (Å²) in [4.78, 5) is 23.4. The lowest BCUT2D eigenvalue weighted by molar-refractivity contribution is -0.118. The number of hydrogen-bond acceptors (Lipinski definition) is 5. The predicted molar refractivity (Wildman–Crippen MR) is 92.5 cm³/mol. The summed E-state index contributed by atoms with van der Waals surface area (Å²) in [6.07, 6.45) is 0. The number of aryl methyl sites for hydroxylation is 1. The average molecular weight is 334 g/mol. The Hall–Kier alpha value is -3.59. The lowest BCUT2D eigenvalue weighted by Gasteiger charge is -2.08. The summed E-state index contributed by atoms with van der Waals surface area (Å²) in [5.74, 6) is 0.0584. The molecule has 0 aliphatic heterocycles. The smallest absolute Gasteiger partial charge is 0.336 e. The molecule has 1 N–H and O–H groups in total. The summed E-state index contributed by atoms with van der Waals surface area (Å²) < 4.78 is 10.6. The maximum absolute atomic E-state index is 12.0. The molecule has 0 radical (unpaired) electrons. The second-order valence-corrected chi connectivity index (χ2v) is 5.44. The molecule has 0 fully saturated rings. The van der Waals surface area contributed by atoms with Gasteiger partial charge in [0, 0.05) is 23.2 Å². The van der Waals surface area contributed by atoms with Crippen molar-refractivity contribution in [3.8, 4) is 11.8 Å². The average Bonchev–Trinajstić information content (AvgIpc) is 2.59. The largest absolute Gasteiger partial charge is 0.484 e. The lowest BCUT2D eigenvalue weighted by atomic mass is 10.1. The minimum atomic E-state index is -0.433. The molecule has 1 amide bonds. The Morgan fingerprint density at radius 1 is 1.24 bits per heavy atom. The number of hydrogen-bond donors (Lipinski definition) is 1. The van der Waals surface area contributed by atoms with Crippen molar-refractivity contribution in [3.63, 3.8) is 0 Å². The molecule has 0 unspecified atom stereocenters. The second-order valence-electron chi connectivity index (χ2n) is 5.44. The maximum Gasteiger partial charge on any atom is 0.336 e. The van der Waals surface area contributed by atoms with Gasteiger partial charge in [-0.15, -0.1) is 0 Å². The number of carbonyl (C=O) groups is 1. The van der Waals surface area contributed by atoms with Gasteiger partial charge in [0.15, 0.2) is 6.61 Å². The van der Waals surface area contributed by atoms with E-state index in [0.29, 0.717) is 22.6 Å². The molecule has 0 saturated heterocycles. The van der Waals surface area contributed by atoms with Crippen molar-refractivity contribution in [1.82, 2.24) is 0 Å². The molecule has 3 rings (SSSR count). The van der Waals surface area contributed by atoms with Gasteiger partial charge < -0.3 is 14.5 Å². The van der Waals surface area contributed by atoms with Crippen LogP contribution in [0.4, 0.5) is 5.69 Å². The summed E-state index contributed by atoms with van der Waals surface area (Å²) in [6, 6.07) is 15.1. The minimum absolute atomic E-state index is 0.210. The van der Waals surface area contributed by atoms with Crippen LogP contribution in [0.25, 0.3) is 11.0 Å².